The van der Waals surface area contributed by atoms with Gasteiger partial charge in [0.25, 0.3) is 0 Å². The highest BCUT2D eigenvalue weighted by atomic mass is 19.1. The van der Waals surface area contributed by atoms with Crippen LogP contribution in [0.1, 0.15) is 17.0 Å². The van der Waals surface area contributed by atoms with Crippen molar-refractivity contribution in [3.8, 4) is 11.8 Å². The first-order valence-electron chi connectivity index (χ1n) is 13.0. The molecule has 4 aromatic rings. The van der Waals surface area contributed by atoms with E-state index in [1.165, 1.54) is 24.3 Å². The monoisotopic (exact) mass is 536 g/mol. The van der Waals surface area contributed by atoms with Crippen molar-refractivity contribution in [2.75, 3.05) is 37.6 Å². The molecule has 2 aliphatic heterocycles. The lowest BCUT2D eigenvalue weighted by Crippen LogP contribution is -2.49. The van der Waals surface area contributed by atoms with E-state index in [0.717, 1.165) is 18.8 Å². The first-order valence-corrected chi connectivity index (χ1v) is 13.0. The van der Waals surface area contributed by atoms with Gasteiger partial charge < -0.3 is 14.1 Å². The fraction of sp³-hybridized carbons (Fsp3) is 0.194. The number of rotatable bonds is 5. The van der Waals surface area contributed by atoms with Crippen molar-refractivity contribution in [2.45, 2.75) is 5.92 Å². The molecule has 1 amide bonds. The molecule has 9 heteroatoms. The van der Waals surface area contributed by atoms with Crippen molar-refractivity contribution in [3.63, 3.8) is 0 Å². The van der Waals surface area contributed by atoms with Gasteiger partial charge in [0.1, 0.15) is 23.0 Å². The summed E-state index contributed by atoms with van der Waals surface area (Å²) < 4.78 is 25.4. The average molecular weight is 537 g/mol. The van der Waals surface area contributed by atoms with E-state index in [-0.39, 0.29) is 35.2 Å². The number of hydrogen-bond donors (Lipinski definition) is 1. The van der Waals surface area contributed by atoms with Crippen LogP contribution in [0.15, 0.2) is 99.5 Å². The van der Waals surface area contributed by atoms with Crippen LogP contribution in [0.2, 0.25) is 0 Å². The minimum absolute atomic E-state index is 0.0314. The number of nitrogens with zero attached hydrogens (tertiary/aromatic N) is 3. The van der Waals surface area contributed by atoms with Crippen LogP contribution in [0.5, 0.6) is 5.75 Å². The molecule has 1 atom stereocenters. The topological polar surface area (TPSA) is 98.8 Å². The molecule has 1 aromatic heterocycles. The number of ether oxygens (including phenoxy) is 1. The first-order chi connectivity index (χ1) is 19.5. The lowest BCUT2D eigenvalue weighted by atomic mass is 9.84. The van der Waals surface area contributed by atoms with Crippen molar-refractivity contribution in [2.24, 2.45) is 0 Å². The Labute approximate surface area is 229 Å². The van der Waals surface area contributed by atoms with Gasteiger partial charge in [-0.05, 0) is 42.0 Å². The largest absolute Gasteiger partial charge is 0.438 e. The molecule has 1 N–H and O–H groups in total. The molecule has 3 heterocycles. The Bertz CT molecular complexity index is 1700. The summed E-state index contributed by atoms with van der Waals surface area (Å²) in [5.74, 6) is -1.56. The molecule has 200 valence electrons. The maximum atomic E-state index is 13.8. The van der Waals surface area contributed by atoms with Crippen LogP contribution in [-0.4, -0.2) is 43.5 Å². The van der Waals surface area contributed by atoms with Crippen molar-refractivity contribution in [1.29, 1.82) is 5.26 Å². The van der Waals surface area contributed by atoms with E-state index in [0.29, 0.717) is 29.6 Å². The number of benzene rings is 3. The molecule has 0 aliphatic carbocycles. The normalized spacial score (nSPS) is 17.2. The number of hydrogen-bond acceptors (Lipinski definition) is 7. The first kappa shape index (κ1) is 25.3. The van der Waals surface area contributed by atoms with Gasteiger partial charge in [0.05, 0.1) is 23.4 Å². The minimum atomic E-state index is -0.917. The molecule has 6 rings (SSSR count). The van der Waals surface area contributed by atoms with Crippen LogP contribution in [0, 0.1) is 17.1 Å². The molecule has 40 heavy (non-hydrogen) atoms. The van der Waals surface area contributed by atoms with Gasteiger partial charge in [-0.25, -0.2) is 9.18 Å². The molecule has 0 saturated carbocycles. The van der Waals surface area contributed by atoms with Crippen LogP contribution in [0.25, 0.3) is 11.0 Å². The second-order valence-electron chi connectivity index (χ2n) is 9.72. The Morgan fingerprint density at radius 3 is 2.40 bits per heavy atom. The number of anilines is 1. The quantitative estimate of drug-likeness (QED) is 0.383. The molecule has 1 unspecified atom stereocenters. The molecular formula is C31H25FN4O4. The predicted octanol–water partition coefficient (Wildman–Crippen LogP) is 4.13. The Balaban J connectivity index is 1.29. The van der Waals surface area contributed by atoms with Gasteiger partial charge in [0.15, 0.2) is 5.75 Å². The fourth-order valence-corrected chi connectivity index (χ4v) is 5.30. The fourth-order valence-electron chi connectivity index (χ4n) is 5.30. The number of allylic oxidation sites excluding steroid dienone is 1. The summed E-state index contributed by atoms with van der Waals surface area (Å²) in [6, 6.07) is 24.7. The smallest absolute Gasteiger partial charge is 0.344 e. The molecule has 0 radical (unpaired) electrons. The average Bonchev–Trinajstić information content (AvgIpc) is 2.98. The van der Waals surface area contributed by atoms with E-state index in [4.69, 9.17) is 9.15 Å². The number of carbonyl (C=O) groups is 1. The number of amides is 1. The Hall–Kier alpha value is -4.94. The highest BCUT2D eigenvalue weighted by Gasteiger charge is 2.37. The Morgan fingerprint density at radius 1 is 0.975 bits per heavy atom. The van der Waals surface area contributed by atoms with Gasteiger partial charge in [0, 0.05) is 31.9 Å². The molecule has 8 nitrogen and oxygen atoms in total. The standard InChI is InChI=1S/C31H25FN4O4/c32-21-12-10-20(11-13-21)27-24(18-33)30(40-29-23-8-4-5-9-25(23)39-31(38)28(27)29)34-26(37)19-35-14-16-36(17-15-35)22-6-2-1-3-7-22/h1-13,27H,14-17,19H2,(H,34,37). The summed E-state index contributed by atoms with van der Waals surface area (Å²) >= 11 is 0. The van der Waals surface area contributed by atoms with Crippen LogP contribution in [0.3, 0.4) is 0 Å². The lowest BCUT2D eigenvalue weighted by molar-refractivity contribution is -0.122. The number of nitriles is 1. The van der Waals surface area contributed by atoms with Crippen LogP contribution >= 0.6 is 0 Å². The predicted molar refractivity (Wildman–Crippen MR) is 147 cm³/mol. The number of piperazine rings is 1. The zero-order valence-corrected chi connectivity index (χ0v) is 21.5. The molecule has 1 saturated heterocycles. The van der Waals surface area contributed by atoms with Gasteiger partial charge in [-0.15, -0.1) is 0 Å². The number of para-hydroxylation sites is 2. The molecule has 2 aliphatic rings. The Kier molecular flexibility index (Phi) is 6.76. The number of fused-ring (bicyclic) bond motifs is 3. The summed E-state index contributed by atoms with van der Waals surface area (Å²) in [6.07, 6.45) is 0. The number of carbonyl (C=O) groups excluding carboxylic acids is 1. The van der Waals surface area contributed by atoms with Crippen molar-refractivity contribution >= 4 is 22.6 Å². The summed E-state index contributed by atoms with van der Waals surface area (Å²) in [4.78, 5) is 30.7. The third kappa shape index (κ3) is 4.81. The maximum absolute atomic E-state index is 13.8. The van der Waals surface area contributed by atoms with E-state index in [1.807, 2.05) is 23.1 Å². The molecular weight excluding hydrogens is 511 g/mol. The summed E-state index contributed by atoms with van der Waals surface area (Å²) in [6.45, 7) is 3.06. The zero-order chi connectivity index (χ0) is 27.6. The van der Waals surface area contributed by atoms with Gasteiger partial charge in [-0.1, -0.05) is 42.5 Å². The Morgan fingerprint density at radius 2 is 1.68 bits per heavy atom. The summed E-state index contributed by atoms with van der Waals surface area (Å²) in [5.41, 5.74) is 1.44. The van der Waals surface area contributed by atoms with Gasteiger partial charge in [0.2, 0.25) is 11.8 Å². The highest BCUT2D eigenvalue weighted by molar-refractivity contribution is 5.87. The molecule has 0 spiro atoms. The van der Waals surface area contributed by atoms with Crippen molar-refractivity contribution in [3.05, 3.63) is 118 Å². The molecule has 0 bridgehead atoms. The molecule has 3 aromatic carbocycles. The SMILES string of the molecule is N#CC1=C(NC(=O)CN2CCN(c3ccccc3)CC2)Oc2c(c(=O)oc3ccccc23)C1c1ccc(F)cc1. The third-order valence-corrected chi connectivity index (χ3v) is 7.26. The van der Waals surface area contributed by atoms with E-state index >= 15 is 0 Å². The summed E-state index contributed by atoms with van der Waals surface area (Å²) in [5, 5.41) is 13.5. The van der Waals surface area contributed by atoms with Crippen molar-refractivity contribution < 1.29 is 18.3 Å². The molecule has 1 fully saturated rings. The number of halogens is 1. The maximum Gasteiger partial charge on any atom is 0.344 e. The lowest BCUT2D eigenvalue weighted by Gasteiger charge is -2.35. The van der Waals surface area contributed by atoms with E-state index in [2.05, 4.69) is 28.4 Å². The van der Waals surface area contributed by atoms with E-state index in [9.17, 15) is 19.2 Å². The number of nitrogens with one attached hydrogen (secondary N) is 1. The zero-order valence-electron chi connectivity index (χ0n) is 21.5. The van der Waals surface area contributed by atoms with Crippen LogP contribution in [-0.2, 0) is 4.79 Å². The van der Waals surface area contributed by atoms with Crippen LogP contribution < -0.4 is 20.6 Å². The van der Waals surface area contributed by atoms with Crippen LogP contribution in [0.4, 0.5) is 10.1 Å². The van der Waals surface area contributed by atoms with Gasteiger partial charge in [-0.2, -0.15) is 5.26 Å². The van der Waals surface area contributed by atoms with E-state index in [1.54, 1.807) is 24.3 Å². The summed E-state index contributed by atoms with van der Waals surface area (Å²) in [7, 11) is 0. The third-order valence-electron chi connectivity index (χ3n) is 7.26. The highest BCUT2D eigenvalue weighted by Crippen LogP contribution is 2.43. The second-order valence-corrected chi connectivity index (χ2v) is 9.72. The van der Waals surface area contributed by atoms with E-state index < -0.39 is 17.4 Å². The van der Waals surface area contributed by atoms with Gasteiger partial charge in [-0.3, -0.25) is 15.0 Å². The minimum Gasteiger partial charge on any atom is -0.438 e. The van der Waals surface area contributed by atoms with Crippen molar-refractivity contribution in [1.82, 2.24) is 10.2 Å². The second kappa shape index (κ2) is 10.7. The van der Waals surface area contributed by atoms with Gasteiger partial charge >= 0.3 is 5.63 Å².